The lowest BCUT2D eigenvalue weighted by atomic mass is 9.77. The molecule has 0 rings (SSSR count). The fraction of sp³-hybridized carbons (Fsp3) is 0.875. The van der Waals surface area contributed by atoms with Gasteiger partial charge >= 0.3 is 5.97 Å². The lowest BCUT2D eigenvalue weighted by Gasteiger charge is -2.28. The maximum Gasteiger partial charge on any atom is 0.306 e. The van der Waals surface area contributed by atoms with Crippen LogP contribution in [0.3, 0.4) is 0 Å². The van der Waals surface area contributed by atoms with Crippen LogP contribution < -0.4 is 0 Å². The molecular weight excluding hydrogens is 166 g/mol. The number of carboxylic acids is 1. The second-order valence-electron chi connectivity index (χ2n) is 3.64. The molecule has 0 aliphatic heterocycles. The number of carboxylic acid groups (broad SMARTS) is 1. The lowest BCUT2D eigenvalue weighted by Crippen LogP contribution is -2.30. The van der Waals surface area contributed by atoms with Crippen molar-refractivity contribution in [2.45, 2.75) is 33.6 Å². The Morgan fingerprint density at radius 3 is 2.17 bits per heavy atom. The predicted octanol–water partition coefficient (Wildman–Crippen LogP) is 2.39. The quantitative estimate of drug-likeness (QED) is 0.721. The molecule has 0 saturated carbocycles. The first-order chi connectivity index (χ1) is 5.27. The molecule has 1 N–H and O–H groups in total. The minimum absolute atomic E-state index is 0.375. The molecule has 0 saturated heterocycles. The number of hydrogen-bond donors (Lipinski definition) is 1. The van der Waals surface area contributed by atoms with Gasteiger partial charge in [-0.3, -0.25) is 4.79 Å². The molecule has 0 heterocycles. The SMILES string of the molecule is C[C@@H](C(=O)O)C(C)(C)CC(F)F. The van der Waals surface area contributed by atoms with Crippen molar-refractivity contribution < 1.29 is 18.7 Å². The van der Waals surface area contributed by atoms with Crippen LogP contribution in [0.15, 0.2) is 0 Å². The Kier molecular flexibility index (Phi) is 3.61. The first kappa shape index (κ1) is 11.3. The number of rotatable bonds is 4. The van der Waals surface area contributed by atoms with Crippen molar-refractivity contribution in [2.75, 3.05) is 0 Å². The predicted molar refractivity (Wildman–Crippen MR) is 41.2 cm³/mol. The third-order valence-corrected chi connectivity index (χ3v) is 2.22. The Morgan fingerprint density at radius 2 is 1.92 bits per heavy atom. The fourth-order valence-electron chi connectivity index (χ4n) is 0.909. The first-order valence-electron chi connectivity index (χ1n) is 3.78. The van der Waals surface area contributed by atoms with E-state index in [-0.39, 0.29) is 6.42 Å². The van der Waals surface area contributed by atoms with Gasteiger partial charge in [0.25, 0.3) is 0 Å². The summed E-state index contributed by atoms with van der Waals surface area (Å²) in [7, 11) is 0. The van der Waals surface area contributed by atoms with E-state index in [0.717, 1.165) is 0 Å². The zero-order valence-electron chi connectivity index (χ0n) is 7.47. The van der Waals surface area contributed by atoms with Crippen LogP contribution in [-0.4, -0.2) is 17.5 Å². The lowest BCUT2D eigenvalue weighted by molar-refractivity contribution is -0.145. The number of aliphatic carboxylic acids is 1. The van der Waals surface area contributed by atoms with Crippen molar-refractivity contribution in [2.24, 2.45) is 11.3 Å². The molecule has 0 amide bonds. The molecule has 72 valence electrons. The Hall–Kier alpha value is -0.670. The van der Waals surface area contributed by atoms with E-state index < -0.39 is 23.7 Å². The molecule has 4 heteroatoms. The highest BCUT2D eigenvalue weighted by Crippen LogP contribution is 2.33. The summed E-state index contributed by atoms with van der Waals surface area (Å²) in [6, 6.07) is 0. The number of carbonyl (C=O) groups is 1. The molecule has 0 spiro atoms. The normalized spacial score (nSPS) is 14.8. The third kappa shape index (κ3) is 3.15. The highest BCUT2D eigenvalue weighted by molar-refractivity contribution is 5.70. The molecule has 0 aliphatic rings. The number of halogens is 2. The van der Waals surface area contributed by atoms with Crippen molar-refractivity contribution in [3.05, 3.63) is 0 Å². The molecule has 0 fully saturated rings. The summed E-state index contributed by atoms with van der Waals surface area (Å²) in [5, 5.41) is 8.59. The highest BCUT2D eigenvalue weighted by atomic mass is 19.3. The summed E-state index contributed by atoms with van der Waals surface area (Å²) >= 11 is 0. The molecule has 0 aromatic carbocycles. The van der Waals surface area contributed by atoms with Gasteiger partial charge in [-0.05, 0) is 5.41 Å². The van der Waals surface area contributed by atoms with Gasteiger partial charge in [-0.25, -0.2) is 8.78 Å². The molecule has 0 radical (unpaired) electrons. The van der Waals surface area contributed by atoms with Gasteiger partial charge in [-0.2, -0.15) is 0 Å². The molecule has 0 aromatic heterocycles. The molecule has 0 bridgehead atoms. The Balaban J connectivity index is 4.28. The number of alkyl halides is 2. The fourth-order valence-corrected chi connectivity index (χ4v) is 0.909. The highest BCUT2D eigenvalue weighted by Gasteiger charge is 2.33. The van der Waals surface area contributed by atoms with Crippen LogP contribution in [-0.2, 0) is 4.79 Å². The summed E-state index contributed by atoms with van der Waals surface area (Å²) in [5.74, 6) is -1.77. The van der Waals surface area contributed by atoms with Gasteiger partial charge in [-0.1, -0.05) is 20.8 Å². The average Bonchev–Trinajstić information content (AvgIpc) is 1.82. The second-order valence-corrected chi connectivity index (χ2v) is 3.64. The van der Waals surface area contributed by atoms with Crippen LogP contribution in [0.1, 0.15) is 27.2 Å². The van der Waals surface area contributed by atoms with E-state index in [9.17, 15) is 13.6 Å². The Morgan fingerprint density at radius 1 is 1.50 bits per heavy atom. The zero-order valence-corrected chi connectivity index (χ0v) is 7.47. The van der Waals surface area contributed by atoms with Crippen LogP contribution in [0.4, 0.5) is 8.78 Å². The average molecular weight is 180 g/mol. The minimum Gasteiger partial charge on any atom is -0.481 e. The van der Waals surface area contributed by atoms with Crippen molar-refractivity contribution in [3.63, 3.8) is 0 Å². The molecule has 0 unspecified atom stereocenters. The van der Waals surface area contributed by atoms with Crippen LogP contribution in [0, 0.1) is 11.3 Å². The third-order valence-electron chi connectivity index (χ3n) is 2.22. The van der Waals surface area contributed by atoms with Gasteiger partial charge in [0, 0.05) is 6.42 Å². The molecule has 1 atom stereocenters. The van der Waals surface area contributed by atoms with Crippen molar-refractivity contribution in [1.29, 1.82) is 0 Å². The van der Waals surface area contributed by atoms with Gasteiger partial charge in [0.15, 0.2) is 0 Å². The standard InChI is InChI=1S/C8H14F2O2/c1-5(7(11)12)8(2,3)4-6(9)10/h5-6H,4H2,1-3H3,(H,11,12)/t5-/m0/s1. The van der Waals surface area contributed by atoms with E-state index in [1.807, 2.05) is 0 Å². The Labute approximate surface area is 70.6 Å². The summed E-state index contributed by atoms with van der Waals surface area (Å²) in [4.78, 5) is 10.5. The maximum atomic E-state index is 12.0. The van der Waals surface area contributed by atoms with E-state index in [0.29, 0.717) is 0 Å². The van der Waals surface area contributed by atoms with Gasteiger partial charge < -0.3 is 5.11 Å². The Bertz CT molecular complexity index is 166. The van der Waals surface area contributed by atoms with Gasteiger partial charge in [0.1, 0.15) is 0 Å². The molecular formula is C8H14F2O2. The number of hydrogen-bond acceptors (Lipinski definition) is 1. The molecule has 0 aliphatic carbocycles. The monoisotopic (exact) mass is 180 g/mol. The zero-order chi connectivity index (χ0) is 9.94. The van der Waals surface area contributed by atoms with Gasteiger partial charge in [0.05, 0.1) is 5.92 Å². The summed E-state index contributed by atoms with van der Waals surface area (Å²) in [6.07, 6.45) is -2.82. The van der Waals surface area contributed by atoms with Crippen molar-refractivity contribution in [3.8, 4) is 0 Å². The van der Waals surface area contributed by atoms with Crippen LogP contribution in [0.2, 0.25) is 0 Å². The maximum absolute atomic E-state index is 12.0. The second kappa shape index (κ2) is 3.83. The minimum atomic E-state index is -2.44. The van der Waals surface area contributed by atoms with E-state index >= 15 is 0 Å². The van der Waals surface area contributed by atoms with E-state index in [1.54, 1.807) is 0 Å². The smallest absolute Gasteiger partial charge is 0.306 e. The largest absolute Gasteiger partial charge is 0.481 e. The molecule has 0 aromatic rings. The van der Waals surface area contributed by atoms with E-state index in [1.165, 1.54) is 20.8 Å². The van der Waals surface area contributed by atoms with Crippen molar-refractivity contribution >= 4 is 5.97 Å². The van der Waals surface area contributed by atoms with Gasteiger partial charge in [-0.15, -0.1) is 0 Å². The van der Waals surface area contributed by atoms with E-state index in [2.05, 4.69) is 0 Å². The first-order valence-corrected chi connectivity index (χ1v) is 3.78. The van der Waals surface area contributed by atoms with Crippen LogP contribution in [0.5, 0.6) is 0 Å². The van der Waals surface area contributed by atoms with Crippen LogP contribution >= 0.6 is 0 Å². The summed E-state index contributed by atoms with van der Waals surface area (Å²) in [6.45, 7) is 4.53. The summed E-state index contributed by atoms with van der Waals surface area (Å²) in [5.41, 5.74) is -0.847. The molecule has 12 heavy (non-hydrogen) atoms. The summed E-state index contributed by atoms with van der Waals surface area (Å²) < 4.78 is 23.9. The van der Waals surface area contributed by atoms with Gasteiger partial charge in [0.2, 0.25) is 6.43 Å². The van der Waals surface area contributed by atoms with Crippen LogP contribution in [0.25, 0.3) is 0 Å². The van der Waals surface area contributed by atoms with E-state index in [4.69, 9.17) is 5.11 Å². The van der Waals surface area contributed by atoms with Crippen molar-refractivity contribution in [1.82, 2.24) is 0 Å². The molecule has 2 nitrogen and oxygen atoms in total. The topological polar surface area (TPSA) is 37.3 Å².